The summed E-state index contributed by atoms with van der Waals surface area (Å²) in [6.45, 7) is 3.17. The van der Waals surface area contributed by atoms with E-state index < -0.39 is 0 Å². The van der Waals surface area contributed by atoms with Crippen molar-refractivity contribution < 1.29 is 14.3 Å². The molecule has 146 valence electrons. The minimum absolute atomic E-state index is 0.00997. The number of rotatable bonds is 5. The molecule has 0 radical (unpaired) electrons. The highest BCUT2D eigenvalue weighted by atomic mass is 16.5. The summed E-state index contributed by atoms with van der Waals surface area (Å²) in [7, 11) is 0. The Kier molecular flexibility index (Phi) is 5.33. The number of carbonyl (C=O) groups excluding carboxylic acids is 2. The number of nitrogens with zero attached hydrogens (tertiary/aromatic N) is 1. The summed E-state index contributed by atoms with van der Waals surface area (Å²) in [5.41, 5.74) is 3.15. The van der Waals surface area contributed by atoms with E-state index in [0.717, 1.165) is 36.3 Å². The first-order chi connectivity index (χ1) is 13.7. The molecule has 1 N–H and O–H groups in total. The first-order valence-electron chi connectivity index (χ1n) is 10.1. The molecule has 5 heteroatoms. The van der Waals surface area contributed by atoms with Crippen LogP contribution in [0.2, 0.25) is 0 Å². The molecular weight excluding hydrogens is 352 g/mol. The van der Waals surface area contributed by atoms with Gasteiger partial charge in [-0.25, -0.2) is 0 Å². The smallest absolute Gasteiger partial charge is 0.227 e. The van der Waals surface area contributed by atoms with Gasteiger partial charge in [0.25, 0.3) is 0 Å². The minimum atomic E-state index is -0.321. The fourth-order valence-electron chi connectivity index (χ4n) is 4.05. The molecule has 2 unspecified atom stereocenters. The van der Waals surface area contributed by atoms with Crippen LogP contribution in [0.4, 0.5) is 5.69 Å². The van der Waals surface area contributed by atoms with Crippen LogP contribution in [-0.2, 0) is 16.0 Å². The Hall–Kier alpha value is -2.82. The molecule has 0 aliphatic carbocycles. The maximum atomic E-state index is 12.9. The minimum Gasteiger partial charge on any atom is -0.493 e. The Morgan fingerprint density at radius 3 is 2.75 bits per heavy atom. The van der Waals surface area contributed by atoms with Gasteiger partial charge in [0.05, 0.1) is 18.6 Å². The van der Waals surface area contributed by atoms with Crippen LogP contribution in [0.3, 0.4) is 0 Å². The van der Waals surface area contributed by atoms with Crippen LogP contribution in [0, 0.1) is 5.92 Å². The van der Waals surface area contributed by atoms with E-state index in [-0.39, 0.29) is 30.2 Å². The molecular formula is C23H26N2O3. The summed E-state index contributed by atoms with van der Waals surface area (Å²) in [4.78, 5) is 27.1. The normalized spacial score (nSPS) is 21.2. The highest BCUT2D eigenvalue weighted by Crippen LogP contribution is 2.32. The molecule has 0 aromatic heterocycles. The van der Waals surface area contributed by atoms with Crippen LogP contribution < -0.4 is 15.0 Å². The van der Waals surface area contributed by atoms with Gasteiger partial charge in [0.1, 0.15) is 5.75 Å². The molecule has 5 nitrogen and oxygen atoms in total. The van der Waals surface area contributed by atoms with Crippen LogP contribution in [0.25, 0.3) is 0 Å². The van der Waals surface area contributed by atoms with Crippen molar-refractivity contribution in [1.29, 1.82) is 0 Å². The molecule has 2 aliphatic heterocycles. The molecule has 2 heterocycles. The number of aryl methyl sites for hydroxylation is 1. The van der Waals surface area contributed by atoms with E-state index in [1.54, 1.807) is 4.90 Å². The number of nitrogens with one attached hydrogen (secondary N) is 1. The Morgan fingerprint density at radius 2 is 1.96 bits per heavy atom. The quantitative estimate of drug-likeness (QED) is 0.864. The van der Waals surface area contributed by atoms with Gasteiger partial charge in [-0.1, -0.05) is 43.7 Å². The molecule has 2 amide bonds. The van der Waals surface area contributed by atoms with Crippen molar-refractivity contribution in [1.82, 2.24) is 5.32 Å². The van der Waals surface area contributed by atoms with Crippen LogP contribution in [0.1, 0.15) is 43.4 Å². The van der Waals surface area contributed by atoms with Gasteiger partial charge < -0.3 is 15.0 Å². The van der Waals surface area contributed by atoms with Crippen molar-refractivity contribution in [3.05, 3.63) is 59.7 Å². The van der Waals surface area contributed by atoms with Gasteiger partial charge in [-0.05, 0) is 30.2 Å². The molecule has 0 spiro atoms. The fraction of sp³-hybridized carbons (Fsp3) is 0.391. The van der Waals surface area contributed by atoms with E-state index >= 15 is 0 Å². The Bertz CT molecular complexity index is 862. The first kappa shape index (κ1) is 18.5. The molecule has 1 fully saturated rings. The number of para-hydroxylation sites is 1. The van der Waals surface area contributed by atoms with E-state index in [2.05, 4.69) is 24.4 Å². The molecule has 28 heavy (non-hydrogen) atoms. The lowest BCUT2D eigenvalue weighted by Crippen LogP contribution is -2.37. The molecule has 2 aromatic rings. The summed E-state index contributed by atoms with van der Waals surface area (Å²) < 4.78 is 5.67. The average molecular weight is 378 g/mol. The average Bonchev–Trinajstić information content (AvgIpc) is 3.11. The predicted octanol–water partition coefficient (Wildman–Crippen LogP) is 3.63. The van der Waals surface area contributed by atoms with Crippen LogP contribution in [0.15, 0.2) is 48.5 Å². The molecule has 2 aromatic carbocycles. The van der Waals surface area contributed by atoms with Crippen LogP contribution in [0.5, 0.6) is 5.75 Å². The second-order valence-corrected chi connectivity index (χ2v) is 7.56. The lowest BCUT2D eigenvalue weighted by Gasteiger charge is -2.27. The lowest BCUT2D eigenvalue weighted by atomic mass is 9.99. The molecule has 2 aliphatic rings. The number of hydrogen-bond acceptors (Lipinski definition) is 3. The maximum Gasteiger partial charge on any atom is 0.227 e. The molecule has 4 rings (SSSR count). The van der Waals surface area contributed by atoms with Gasteiger partial charge in [0, 0.05) is 30.6 Å². The van der Waals surface area contributed by atoms with Gasteiger partial charge in [0.15, 0.2) is 0 Å². The van der Waals surface area contributed by atoms with Crippen molar-refractivity contribution in [2.24, 2.45) is 5.92 Å². The Labute approximate surface area is 165 Å². The summed E-state index contributed by atoms with van der Waals surface area (Å²) in [6.07, 6.45) is 3.13. The molecule has 0 saturated carbocycles. The zero-order valence-corrected chi connectivity index (χ0v) is 16.2. The highest BCUT2D eigenvalue weighted by molar-refractivity contribution is 6.00. The lowest BCUT2D eigenvalue weighted by molar-refractivity contribution is -0.127. The zero-order chi connectivity index (χ0) is 19.5. The van der Waals surface area contributed by atoms with E-state index in [4.69, 9.17) is 4.74 Å². The maximum absolute atomic E-state index is 12.9. The van der Waals surface area contributed by atoms with Gasteiger partial charge in [-0.3, -0.25) is 9.59 Å². The monoisotopic (exact) mass is 378 g/mol. The largest absolute Gasteiger partial charge is 0.493 e. The van der Waals surface area contributed by atoms with E-state index in [0.29, 0.717) is 13.2 Å². The molecule has 1 saturated heterocycles. The predicted molar refractivity (Wildman–Crippen MR) is 108 cm³/mol. The van der Waals surface area contributed by atoms with Crippen molar-refractivity contribution in [2.45, 2.75) is 38.6 Å². The topological polar surface area (TPSA) is 58.6 Å². The molecule has 2 atom stereocenters. The van der Waals surface area contributed by atoms with Crippen molar-refractivity contribution in [3.63, 3.8) is 0 Å². The second kappa shape index (κ2) is 8.05. The number of fused-ring (bicyclic) bond motifs is 1. The van der Waals surface area contributed by atoms with Gasteiger partial charge in [-0.2, -0.15) is 0 Å². The summed E-state index contributed by atoms with van der Waals surface area (Å²) in [5, 5.41) is 3.14. The third-order valence-electron chi connectivity index (χ3n) is 5.56. The third kappa shape index (κ3) is 3.75. The Balaban J connectivity index is 1.42. The van der Waals surface area contributed by atoms with E-state index in [1.165, 1.54) is 5.56 Å². The summed E-state index contributed by atoms with van der Waals surface area (Å²) in [6, 6.07) is 15.8. The van der Waals surface area contributed by atoms with Gasteiger partial charge in [0.2, 0.25) is 11.8 Å². The number of benzene rings is 2. The van der Waals surface area contributed by atoms with Crippen LogP contribution in [-0.4, -0.2) is 25.0 Å². The zero-order valence-electron chi connectivity index (χ0n) is 16.2. The first-order valence-corrected chi connectivity index (χ1v) is 10.1. The number of ether oxygens (including phenoxy) is 1. The number of hydrogen-bond donors (Lipinski definition) is 1. The Morgan fingerprint density at radius 1 is 1.18 bits per heavy atom. The summed E-state index contributed by atoms with van der Waals surface area (Å²) >= 11 is 0. The van der Waals surface area contributed by atoms with Crippen molar-refractivity contribution >= 4 is 17.5 Å². The standard InChI is InChI=1S/C23H26N2O3/c1-2-5-16-8-10-18(11-9-16)25-15-17(14-22(25)26)23(27)24-20-12-13-28-21-7-4-3-6-19(20)21/h3-4,6-11,17,20H,2,5,12-15H2,1H3,(H,24,27). The van der Waals surface area contributed by atoms with Gasteiger partial charge >= 0.3 is 0 Å². The third-order valence-corrected chi connectivity index (χ3v) is 5.56. The highest BCUT2D eigenvalue weighted by Gasteiger charge is 2.36. The van der Waals surface area contributed by atoms with Crippen molar-refractivity contribution in [2.75, 3.05) is 18.1 Å². The summed E-state index contributed by atoms with van der Waals surface area (Å²) in [5.74, 6) is 0.462. The number of amides is 2. The number of anilines is 1. The van der Waals surface area contributed by atoms with Crippen LogP contribution >= 0.6 is 0 Å². The van der Waals surface area contributed by atoms with E-state index in [9.17, 15) is 9.59 Å². The SMILES string of the molecule is CCCc1ccc(N2CC(C(=O)NC3CCOc4ccccc43)CC2=O)cc1. The number of carbonyl (C=O) groups is 2. The fourth-order valence-corrected chi connectivity index (χ4v) is 4.05. The van der Waals surface area contributed by atoms with E-state index in [1.807, 2.05) is 36.4 Å². The second-order valence-electron chi connectivity index (χ2n) is 7.56. The van der Waals surface area contributed by atoms with Gasteiger partial charge in [-0.15, -0.1) is 0 Å². The van der Waals surface area contributed by atoms with Crippen molar-refractivity contribution in [3.8, 4) is 5.75 Å². The molecule has 0 bridgehead atoms.